The van der Waals surface area contributed by atoms with Crippen molar-refractivity contribution in [1.29, 1.82) is 0 Å². The summed E-state index contributed by atoms with van der Waals surface area (Å²) in [5.74, 6) is 5.29. The predicted octanol–water partition coefficient (Wildman–Crippen LogP) is 4.78. The smallest absolute Gasteiger partial charge is 0.00420 e. The Labute approximate surface area is 171 Å². The highest BCUT2D eigenvalue weighted by Crippen LogP contribution is 2.32. The second kappa shape index (κ2) is 11.8. The van der Waals surface area contributed by atoms with E-state index in [1.807, 2.05) is 0 Å². The van der Waals surface area contributed by atoms with E-state index in [0.717, 1.165) is 41.5 Å². The van der Waals surface area contributed by atoms with Crippen molar-refractivity contribution in [2.75, 3.05) is 32.7 Å². The van der Waals surface area contributed by atoms with Gasteiger partial charge in [0.05, 0.1) is 0 Å². The van der Waals surface area contributed by atoms with Gasteiger partial charge in [0, 0.05) is 12.6 Å². The molecule has 3 aliphatic heterocycles. The number of nitrogens with one attached hydrogen (secondary N) is 3. The minimum Gasteiger partial charge on any atom is -0.316 e. The quantitative estimate of drug-likeness (QED) is 0.658. The molecule has 0 spiro atoms. The lowest BCUT2D eigenvalue weighted by atomic mass is 9.79. The molecule has 3 heterocycles. The van der Waals surface area contributed by atoms with Crippen molar-refractivity contribution in [2.45, 2.75) is 81.2 Å². The van der Waals surface area contributed by atoms with Crippen LogP contribution in [-0.4, -0.2) is 38.8 Å². The Kier molecular flexibility index (Phi) is 10.9. The molecule has 0 radical (unpaired) electrons. The number of rotatable bonds is 3. The minimum atomic E-state index is 0.583. The molecule has 0 aromatic carbocycles. The highest BCUT2D eigenvalue weighted by atomic mass is 14.9. The molecule has 3 fully saturated rings. The van der Waals surface area contributed by atoms with Crippen molar-refractivity contribution in [2.24, 2.45) is 40.9 Å². The van der Waals surface area contributed by atoms with E-state index in [1.54, 1.807) is 0 Å². The van der Waals surface area contributed by atoms with Gasteiger partial charge in [0.1, 0.15) is 0 Å². The standard InChI is InChI=1S/3C8H17N/c1-6(2)8-5-9-4-7(8)3;1-6(2)8-4-7(3)9-5-8;1-7(2)8(3)4-5-9-6-8/h2*6-9H,4-5H2,1-3H3;7,9H,4-6H2,1-3H3. The lowest BCUT2D eigenvalue weighted by Crippen LogP contribution is -2.25. The maximum atomic E-state index is 3.45. The average molecular weight is 382 g/mol. The van der Waals surface area contributed by atoms with Gasteiger partial charge in [-0.15, -0.1) is 0 Å². The lowest BCUT2D eigenvalue weighted by Gasteiger charge is -2.27. The summed E-state index contributed by atoms with van der Waals surface area (Å²) in [7, 11) is 0. The second-order valence-corrected chi connectivity index (χ2v) is 10.8. The molecule has 27 heavy (non-hydrogen) atoms. The molecule has 0 aromatic heterocycles. The summed E-state index contributed by atoms with van der Waals surface area (Å²) < 4.78 is 0. The van der Waals surface area contributed by atoms with E-state index in [1.165, 1.54) is 45.6 Å². The summed E-state index contributed by atoms with van der Waals surface area (Å²) >= 11 is 0. The van der Waals surface area contributed by atoms with E-state index in [-0.39, 0.29) is 0 Å². The molecule has 3 heteroatoms. The van der Waals surface area contributed by atoms with Crippen LogP contribution in [0.2, 0.25) is 0 Å². The Morgan fingerprint density at radius 1 is 0.852 bits per heavy atom. The fourth-order valence-corrected chi connectivity index (χ4v) is 4.53. The van der Waals surface area contributed by atoms with E-state index >= 15 is 0 Å². The van der Waals surface area contributed by atoms with Crippen molar-refractivity contribution in [3.05, 3.63) is 0 Å². The predicted molar refractivity (Wildman–Crippen MR) is 121 cm³/mol. The third-order valence-corrected chi connectivity index (χ3v) is 7.56. The molecule has 3 aliphatic rings. The van der Waals surface area contributed by atoms with Gasteiger partial charge in [0.2, 0.25) is 0 Å². The molecule has 5 unspecified atom stereocenters. The normalized spacial score (nSPS) is 36.0. The summed E-state index contributed by atoms with van der Waals surface area (Å²) in [6, 6.07) is 0.761. The van der Waals surface area contributed by atoms with Gasteiger partial charge in [-0.3, -0.25) is 0 Å². The SMILES string of the molecule is CC(C)C1(C)CCNC1.CC(C)C1CNCC1C.CC1CC(C(C)C)CN1. The zero-order valence-corrected chi connectivity index (χ0v) is 20.0. The molecule has 0 aliphatic carbocycles. The van der Waals surface area contributed by atoms with Gasteiger partial charge in [0.15, 0.2) is 0 Å². The Morgan fingerprint density at radius 3 is 1.74 bits per heavy atom. The highest BCUT2D eigenvalue weighted by Gasteiger charge is 2.31. The number of hydrogen-bond donors (Lipinski definition) is 3. The monoisotopic (exact) mass is 381 g/mol. The van der Waals surface area contributed by atoms with Crippen molar-refractivity contribution < 1.29 is 0 Å². The summed E-state index contributed by atoms with van der Waals surface area (Å²) in [6.45, 7) is 27.0. The molecule has 3 rings (SSSR count). The van der Waals surface area contributed by atoms with Crippen LogP contribution in [-0.2, 0) is 0 Å². The molecular formula is C24H51N3. The molecule has 3 N–H and O–H groups in total. The third kappa shape index (κ3) is 8.41. The maximum absolute atomic E-state index is 3.45. The molecule has 5 atom stereocenters. The summed E-state index contributed by atoms with van der Waals surface area (Å²) in [6.07, 6.45) is 2.72. The van der Waals surface area contributed by atoms with Crippen LogP contribution in [0.1, 0.15) is 75.2 Å². The zero-order valence-electron chi connectivity index (χ0n) is 20.0. The van der Waals surface area contributed by atoms with Gasteiger partial charge in [-0.25, -0.2) is 0 Å². The lowest BCUT2D eigenvalue weighted by molar-refractivity contribution is 0.249. The third-order valence-electron chi connectivity index (χ3n) is 7.56. The fraction of sp³-hybridized carbons (Fsp3) is 1.00. The second-order valence-electron chi connectivity index (χ2n) is 10.8. The molecule has 162 valence electrons. The molecule has 0 aromatic rings. The van der Waals surface area contributed by atoms with Crippen molar-refractivity contribution in [3.63, 3.8) is 0 Å². The molecule has 0 bridgehead atoms. The van der Waals surface area contributed by atoms with Crippen LogP contribution in [0.25, 0.3) is 0 Å². The van der Waals surface area contributed by atoms with Crippen molar-refractivity contribution in [3.8, 4) is 0 Å². The first-order chi connectivity index (χ1) is 12.6. The maximum Gasteiger partial charge on any atom is 0.00420 e. The molecule has 3 nitrogen and oxygen atoms in total. The first-order valence-electron chi connectivity index (χ1n) is 11.7. The van der Waals surface area contributed by atoms with Crippen LogP contribution in [0.15, 0.2) is 0 Å². The van der Waals surface area contributed by atoms with Gasteiger partial charge in [-0.1, -0.05) is 55.4 Å². The van der Waals surface area contributed by atoms with Crippen molar-refractivity contribution >= 4 is 0 Å². The van der Waals surface area contributed by atoms with E-state index in [2.05, 4.69) is 78.3 Å². The van der Waals surface area contributed by atoms with E-state index in [9.17, 15) is 0 Å². The van der Waals surface area contributed by atoms with Gasteiger partial charge in [-0.05, 0) is 86.9 Å². The number of hydrogen-bond acceptors (Lipinski definition) is 3. The Balaban J connectivity index is 0.000000202. The minimum absolute atomic E-state index is 0.583. The van der Waals surface area contributed by atoms with Crippen LogP contribution in [0.4, 0.5) is 0 Å². The van der Waals surface area contributed by atoms with E-state index in [0.29, 0.717) is 5.41 Å². The van der Waals surface area contributed by atoms with Gasteiger partial charge in [0.25, 0.3) is 0 Å². The van der Waals surface area contributed by atoms with Crippen molar-refractivity contribution in [1.82, 2.24) is 16.0 Å². The van der Waals surface area contributed by atoms with Gasteiger partial charge >= 0.3 is 0 Å². The van der Waals surface area contributed by atoms with E-state index < -0.39 is 0 Å². The van der Waals surface area contributed by atoms with Crippen LogP contribution in [0.5, 0.6) is 0 Å². The molecule has 3 saturated heterocycles. The van der Waals surface area contributed by atoms with E-state index in [4.69, 9.17) is 0 Å². The van der Waals surface area contributed by atoms with Crippen LogP contribution >= 0.6 is 0 Å². The van der Waals surface area contributed by atoms with Crippen LogP contribution < -0.4 is 16.0 Å². The van der Waals surface area contributed by atoms with Gasteiger partial charge < -0.3 is 16.0 Å². The Hall–Kier alpha value is -0.120. The van der Waals surface area contributed by atoms with Crippen LogP contribution in [0, 0.1) is 40.9 Å². The summed E-state index contributed by atoms with van der Waals surface area (Å²) in [5, 5.41) is 10.2. The first kappa shape index (κ1) is 24.9. The van der Waals surface area contributed by atoms with Gasteiger partial charge in [-0.2, -0.15) is 0 Å². The molecule has 0 amide bonds. The summed E-state index contributed by atoms with van der Waals surface area (Å²) in [5.41, 5.74) is 0.583. The first-order valence-corrected chi connectivity index (χ1v) is 11.7. The molecular weight excluding hydrogens is 330 g/mol. The summed E-state index contributed by atoms with van der Waals surface area (Å²) in [4.78, 5) is 0. The molecule has 0 saturated carbocycles. The largest absolute Gasteiger partial charge is 0.316 e. The zero-order chi connectivity index (χ0) is 20.6. The highest BCUT2D eigenvalue weighted by molar-refractivity contribution is 4.85. The van der Waals surface area contributed by atoms with Crippen LogP contribution in [0.3, 0.4) is 0 Å². The average Bonchev–Trinajstić information content (AvgIpc) is 3.30. The fourth-order valence-electron chi connectivity index (χ4n) is 4.53. The topological polar surface area (TPSA) is 36.1 Å². The Morgan fingerprint density at radius 2 is 1.52 bits per heavy atom. The Bertz CT molecular complexity index is 385.